The molecule has 0 atom stereocenters. The Hall–Kier alpha value is -2.64. The molecule has 0 aliphatic heterocycles. The van der Waals surface area contributed by atoms with E-state index in [0.717, 1.165) is 12.1 Å². The Kier molecular flexibility index (Phi) is 4.06. The molecule has 1 heterocycles. The van der Waals surface area contributed by atoms with E-state index in [4.69, 9.17) is 10.9 Å². The Morgan fingerprint density at radius 3 is 2.52 bits per heavy atom. The summed E-state index contributed by atoms with van der Waals surface area (Å²) in [5.41, 5.74) is 5.10. The average Bonchev–Trinajstić information content (AvgIpc) is 2.82. The van der Waals surface area contributed by atoms with E-state index in [1.807, 2.05) is 0 Å². The number of amidine groups is 1. The molecule has 2 aromatic rings. The summed E-state index contributed by atoms with van der Waals surface area (Å²) in [6.07, 6.45) is 3.36. The molecule has 6 nitrogen and oxygen atoms in total. The molecule has 0 unspecified atom stereocenters. The predicted molar refractivity (Wildman–Crippen MR) is 74.2 cm³/mol. The molecule has 8 heteroatoms. The molecule has 0 amide bonds. The summed E-state index contributed by atoms with van der Waals surface area (Å²) >= 11 is 0. The van der Waals surface area contributed by atoms with Crippen LogP contribution in [0.3, 0.4) is 0 Å². The van der Waals surface area contributed by atoms with Crippen molar-refractivity contribution in [3.8, 4) is 0 Å². The fourth-order valence-electron chi connectivity index (χ4n) is 1.98. The highest BCUT2D eigenvalue weighted by atomic mass is 19.1. The smallest absolute Gasteiger partial charge is 0.170 e. The highest BCUT2D eigenvalue weighted by molar-refractivity contribution is 5.97. The van der Waals surface area contributed by atoms with Crippen LogP contribution in [0, 0.1) is 11.6 Å². The van der Waals surface area contributed by atoms with Gasteiger partial charge in [-0.2, -0.15) is 0 Å². The number of nitrogens with zero attached hydrogens (tertiary/aromatic N) is 4. The Labute approximate surface area is 120 Å². The van der Waals surface area contributed by atoms with Crippen molar-refractivity contribution in [1.29, 1.82) is 0 Å². The maximum Gasteiger partial charge on any atom is 0.170 e. The van der Waals surface area contributed by atoms with Crippen LogP contribution in [0.5, 0.6) is 0 Å². The predicted octanol–water partition coefficient (Wildman–Crippen LogP) is 1.43. The lowest BCUT2D eigenvalue weighted by Crippen LogP contribution is -2.22. The third-order valence-electron chi connectivity index (χ3n) is 3.10. The summed E-state index contributed by atoms with van der Waals surface area (Å²) < 4.78 is 29.9. The van der Waals surface area contributed by atoms with Gasteiger partial charge in [0.05, 0.1) is 6.54 Å². The summed E-state index contributed by atoms with van der Waals surface area (Å²) in [6, 6.07) is 2.03. The lowest BCUT2D eigenvalue weighted by molar-refractivity contribution is 0.318. The molecule has 2 rings (SSSR count). The minimum absolute atomic E-state index is 0.0263. The number of benzene rings is 1. The number of rotatable bonds is 4. The number of aromatic nitrogens is 2. The van der Waals surface area contributed by atoms with E-state index in [2.05, 4.69) is 10.1 Å². The van der Waals surface area contributed by atoms with Crippen LogP contribution in [-0.4, -0.2) is 27.6 Å². The number of halogens is 2. The van der Waals surface area contributed by atoms with Gasteiger partial charge >= 0.3 is 0 Å². The molecular weight excluding hydrogens is 280 g/mol. The van der Waals surface area contributed by atoms with Crippen molar-refractivity contribution in [2.45, 2.75) is 6.54 Å². The van der Waals surface area contributed by atoms with Gasteiger partial charge in [-0.25, -0.2) is 13.8 Å². The summed E-state index contributed by atoms with van der Waals surface area (Å²) in [7, 11) is 3.35. The van der Waals surface area contributed by atoms with E-state index < -0.39 is 11.6 Å². The molecule has 1 aromatic carbocycles. The molecule has 1 aromatic heterocycles. The minimum Gasteiger partial charge on any atom is -0.409 e. The molecule has 0 saturated carbocycles. The van der Waals surface area contributed by atoms with Gasteiger partial charge in [-0.15, -0.1) is 0 Å². The van der Waals surface area contributed by atoms with Crippen molar-refractivity contribution < 1.29 is 14.0 Å². The van der Waals surface area contributed by atoms with Crippen molar-refractivity contribution in [2.24, 2.45) is 17.9 Å². The first-order valence-corrected chi connectivity index (χ1v) is 6.08. The van der Waals surface area contributed by atoms with Crippen LogP contribution < -0.4 is 10.6 Å². The van der Waals surface area contributed by atoms with Crippen molar-refractivity contribution in [1.82, 2.24) is 9.55 Å². The lowest BCUT2D eigenvalue weighted by atomic mass is 10.1. The molecule has 0 aliphatic carbocycles. The van der Waals surface area contributed by atoms with Gasteiger partial charge in [0.25, 0.3) is 0 Å². The van der Waals surface area contributed by atoms with E-state index in [9.17, 15) is 8.78 Å². The van der Waals surface area contributed by atoms with Crippen LogP contribution >= 0.6 is 0 Å². The van der Waals surface area contributed by atoms with Gasteiger partial charge in [0, 0.05) is 32.1 Å². The van der Waals surface area contributed by atoms with Crippen molar-refractivity contribution >= 4 is 11.5 Å². The summed E-state index contributed by atoms with van der Waals surface area (Å²) in [6.45, 7) is 0.236. The minimum atomic E-state index is -0.798. The first kappa shape index (κ1) is 14.8. The summed E-state index contributed by atoms with van der Waals surface area (Å²) in [5, 5.41) is 11.3. The maximum absolute atomic E-state index is 14.1. The Morgan fingerprint density at radius 2 is 2.05 bits per heavy atom. The SMILES string of the molecule is CN(Cc1nccn1C)c1c(F)cc(/C(N)=N/O)cc1F. The zero-order valence-electron chi connectivity index (χ0n) is 11.6. The lowest BCUT2D eigenvalue weighted by Gasteiger charge is -2.20. The van der Waals surface area contributed by atoms with Gasteiger partial charge in [0.15, 0.2) is 5.84 Å². The van der Waals surface area contributed by atoms with Crippen LogP contribution in [0.1, 0.15) is 11.4 Å². The van der Waals surface area contributed by atoms with Crippen LogP contribution in [0.2, 0.25) is 0 Å². The van der Waals surface area contributed by atoms with Gasteiger partial charge in [-0.05, 0) is 12.1 Å². The molecule has 0 bridgehead atoms. The van der Waals surface area contributed by atoms with Gasteiger partial charge in [-0.3, -0.25) is 0 Å². The topological polar surface area (TPSA) is 79.7 Å². The second-order valence-electron chi connectivity index (χ2n) is 4.58. The largest absolute Gasteiger partial charge is 0.409 e. The number of hydrogen-bond acceptors (Lipinski definition) is 4. The summed E-state index contributed by atoms with van der Waals surface area (Å²) in [5.74, 6) is -1.29. The van der Waals surface area contributed by atoms with Crippen molar-refractivity contribution in [2.75, 3.05) is 11.9 Å². The first-order chi connectivity index (χ1) is 9.93. The molecular formula is C13H15F2N5O. The van der Waals surface area contributed by atoms with E-state index in [1.165, 1.54) is 4.90 Å². The number of imidazole rings is 1. The van der Waals surface area contributed by atoms with Gasteiger partial charge in [0.1, 0.15) is 23.1 Å². The monoisotopic (exact) mass is 295 g/mol. The summed E-state index contributed by atoms with van der Waals surface area (Å²) in [4.78, 5) is 5.51. The molecule has 0 saturated heterocycles. The fraction of sp³-hybridized carbons (Fsp3) is 0.231. The number of aryl methyl sites for hydroxylation is 1. The Morgan fingerprint density at radius 1 is 1.43 bits per heavy atom. The second kappa shape index (κ2) is 5.78. The van der Waals surface area contributed by atoms with Gasteiger partial charge in [0.2, 0.25) is 0 Å². The number of nitrogens with two attached hydrogens (primary N) is 1. The Balaban J connectivity index is 2.33. The van der Waals surface area contributed by atoms with Crippen LogP contribution in [0.4, 0.5) is 14.5 Å². The number of oxime groups is 1. The highest BCUT2D eigenvalue weighted by Gasteiger charge is 2.18. The second-order valence-corrected chi connectivity index (χ2v) is 4.58. The third-order valence-corrected chi connectivity index (χ3v) is 3.10. The zero-order valence-corrected chi connectivity index (χ0v) is 11.6. The molecule has 21 heavy (non-hydrogen) atoms. The van der Waals surface area contributed by atoms with E-state index in [1.54, 1.807) is 31.1 Å². The van der Waals surface area contributed by atoms with E-state index in [0.29, 0.717) is 5.82 Å². The highest BCUT2D eigenvalue weighted by Crippen LogP contribution is 2.25. The normalized spacial score (nSPS) is 11.7. The van der Waals surface area contributed by atoms with Gasteiger partial charge < -0.3 is 20.4 Å². The quantitative estimate of drug-likeness (QED) is 0.387. The van der Waals surface area contributed by atoms with Crippen LogP contribution in [0.25, 0.3) is 0 Å². The maximum atomic E-state index is 14.1. The molecule has 3 N–H and O–H groups in total. The standard InChI is InChI=1S/C13H15F2N5O/c1-19-4-3-17-11(19)7-20(2)12-9(14)5-8(6-10(12)15)13(16)18-21/h3-6,21H,7H2,1-2H3,(H2,16,18). The molecule has 0 fully saturated rings. The number of anilines is 1. The van der Waals surface area contributed by atoms with Crippen LogP contribution in [-0.2, 0) is 13.6 Å². The van der Waals surface area contributed by atoms with E-state index in [-0.39, 0.29) is 23.6 Å². The zero-order chi connectivity index (χ0) is 15.6. The first-order valence-electron chi connectivity index (χ1n) is 6.08. The number of hydrogen-bond donors (Lipinski definition) is 2. The average molecular weight is 295 g/mol. The van der Waals surface area contributed by atoms with E-state index >= 15 is 0 Å². The van der Waals surface area contributed by atoms with Crippen molar-refractivity contribution in [3.05, 3.63) is 47.5 Å². The fourth-order valence-corrected chi connectivity index (χ4v) is 1.98. The molecule has 0 radical (unpaired) electrons. The Bertz CT molecular complexity index is 660. The van der Waals surface area contributed by atoms with Crippen LogP contribution in [0.15, 0.2) is 29.7 Å². The van der Waals surface area contributed by atoms with Gasteiger partial charge in [-0.1, -0.05) is 5.16 Å². The van der Waals surface area contributed by atoms with Crippen molar-refractivity contribution in [3.63, 3.8) is 0 Å². The third kappa shape index (κ3) is 2.93. The molecule has 0 aliphatic rings. The molecule has 112 valence electrons. The molecule has 0 spiro atoms.